The van der Waals surface area contributed by atoms with Crippen LogP contribution >= 0.6 is 11.3 Å². The Hall–Kier alpha value is -3.51. The van der Waals surface area contributed by atoms with Crippen molar-refractivity contribution in [2.75, 3.05) is 0 Å². The maximum absolute atomic E-state index is 12.9. The zero-order valence-electron chi connectivity index (χ0n) is 16.3. The molecule has 30 heavy (non-hydrogen) atoms. The molecule has 0 saturated carbocycles. The number of carboxylic acid groups (broad SMARTS) is 1. The van der Waals surface area contributed by atoms with Gasteiger partial charge < -0.3 is 10.4 Å². The quantitative estimate of drug-likeness (QED) is 0.432. The van der Waals surface area contributed by atoms with E-state index in [9.17, 15) is 9.59 Å². The molecule has 0 fully saturated rings. The summed E-state index contributed by atoms with van der Waals surface area (Å²) >= 11 is 1.21. The van der Waals surface area contributed by atoms with Crippen molar-refractivity contribution < 1.29 is 14.7 Å². The minimum atomic E-state index is -0.924. The average molecular weight is 417 g/mol. The first-order valence-electron chi connectivity index (χ1n) is 9.62. The number of carbonyl (C=O) groups excluding carboxylic acids is 1. The van der Waals surface area contributed by atoms with Crippen molar-refractivity contribution in [3.63, 3.8) is 0 Å². The fourth-order valence-electron chi connectivity index (χ4n) is 3.42. The fourth-order valence-corrected chi connectivity index (χ4v) is 4.18. The summed E-state index contributed by atoms with van der Waals surface area (Å²) in [7, 11) is 0. The largest absolute Gasteiger partial charge is 0.477 e. The van der Waals surface area contributed by atoms with Crippen LogP contribution < -0.4 is 5.32 Å². The molecule has 0 aliphatic carbocycles. The summed E-state index contributed by atoms with van der Waals surface area (Å²) in [5.74, 6) is -1.05. The van der Waals surface area contributed by atoms with Crippen molar-refractivity contribution in [3.05, 3.63) is 88.4 Å². The summed E-state index contributed by atoms with van der Waals surface area (Å²) in [6.07, 6.45) is 4.22. The zero-order valence-corrected chi connectivity index (χ0v) is 17.1. The molecule has 1 unspecified atom stereocenters. The third-order valence-corrected chi connectivity index (χ3v) is 5.97. The van der Waals surface area contributed by atoms with Gasteiger partial charge in [-0.1, -0.05) is 31.2 Å². The van der Waals surface area contributed by atoms with E-state index < -0.39 is 5.97 Å². The third kappa shape index (κ3) is 4.09. The molecule has 2 aromatic heterocycles. The Morgan fingerprint density at radius 2 is 1.93 bits per heavy atom. The molecule has 150 valence electrons. The van der Waals surface area contributed by atoms with E-state index in [1.165, 1.54) is 11.3 Å². The van der Waals surface area contributed by atoms with E-state index in [0.717, 1.165) is 33.9 Å². The molecule has 2 N–H and O–H groups in total. The molecule has 2 heterocycles. The molecule has 6 heteroatoms. The lowest BCUT2D eigenvalue weighted by molar-refractivity contribution is 0.0702. The number of nitrogens with zero attached hydrogens (tertiary/aromatic N) is 1. The van der Waals surface area contributed by atoms with E-state index in [0.29, 0.717) is 10.4 Å². The molecule has 4 aromatic rings. The standard InChI is InChI=1S/C24H20N2O3S/c1-2-21(26-23(27)18-6-7-19-13-25-9-8-16(19)11-18)17-5-3-4-15(10-17)20-12-22(24(28)29)30-14-20/h3-14,21H,2H2,1H3,(H,26,27)(H,28,29). The molecular weight excluding hydrogens is 396 g/mol. The summed E-state index contributed by atoms with van der Waals surface area (Å²) in [5, 5.41) is 16.1. The average Bonchev–Trinajstić information content (AvgIpc) is 3.28. The molecular formula is C24H20N2O3S. The Kier molecular flexibility index (Phi) is 5.59. The smallest absolute Gasteiger partial charge is 0.345 e. The number of nitrogens with one attached hydrogen (secondary N) is 1. The SMILES string of the molecule is CCC(NC(=O)c1ccc2cnccc2c1)c1cccc(-c2csc(C(=O)O)c2)c1. The van der Waals surface area contributed by atoms with Crippen LogP contribution in [0.3, 0.4) is 0 Å². The second kappa shape index (κ2) is 8.47. The molecule has 0 aliphatic heterocycles. The number of benzene rings is 2. The number of thiophene rings is 1. The Balaban J connectivity index is 1.57. The molecule has 0 radical (unpaired) electrons. The third-order valence-electron chi connectivity index (χ3n) is 5.05. The molecule has 0 saturated heterocycles. The van der Waals surface area contributed by atoms with E-state index in [2.05, 4.69) is 10.3 Å². The van der Waals surface area contributed by atoms with Gasteiger partial charge in [-0.3, -0.25) is 9.78 Å². The monoisotopic (exact) mass is 416 g/mol. The van der Waals surface area contributed by atoms with Crippen LogP contribution in [0, 0.1) is 0 Å². The first-order chi connectivity index (χ1) is 14.5. The number of fused-ring (bicyclic) bond motifs is 1. The second-order valence-corrected chi connectivity index (χ2v) is 7.91. The van der Waals surface area contributed by atoms with Crippen LogP contribution in [0.4, 0.5) is 0 Å². The lowest BCUT2D eigenvalue weighted by Crippen LogP contribution is -2.28. The van der Waals surface area contributed by atoms with Crippen molar-refractivity contribution in [1.82, 2.24) is 10.3 Å². The van der Waals surface area contributed by atoms with E-state index in [-0.39, 0.29) is 11.9 Å². The first kappa shape index (κ1) is 19.8. The molecule has 0 spiro atoms. The zero-order chi connectivity index (χ0) is 21.1. The highest BCUT2D eigenvalue weighted by molar-refractivity contribution is 7.12. The molecule has 4 rings (SSSR count). The van der Waals surface area contributed by atoms with Gasteiger partial charge in [0.05, 0.1) is 6.04 Å². The number of pyridine rings is 1. The van der Waals surface area contributed by atoms with E-state index >= 15 is 0 Å². The van der Waals surface area contributed by atoms with Crippen LogP contribution in [-0.4, -0.2) is 22.0 Å². The van der Waals surface area contributed by atoms with Crippen molar-refractivity contribution in [1.29, 1.82) is 0 Å². The van der Waals surface area contributed by atoms with Crippen LogP contribution in [0.5, 0.6) is 0 Å². The maximum Gasteiger partial charge on any atom is 0.345 e. The minimum absolute atomic E-state index is 0.130. The van der Waals surface area contributed by atoms with Gasteiger partial charge >= 0.3 is 5.97 Å². The highest BCUT2D eigenvalue weighted by Crippen LogP contribution is 2.29. The number of aromatic carboxylic acids is 1. The van der Waals surface area contributed by atoms with Gasteiger partial charge in [0.1, 0.15) is 4.88 Å². The first-order valence-corrected chi connectivity index (χ1v) is 10.5. The number of carboxylic acids is 1. The topological polar surface area (TPSA) is 79.3 Å². The van der Waals surface area contributed by atoms with Crippen LogP contribution in [0.1, 0.15) is 45.0 Å². The van der Waals surface area contributed by atoms with Crippen molar-refractivity contribution in [2.45, 2.75) is 19.4 Å². The number of amides is 1. The number of aromatic nitrogens is 1. The van der Waals surface area contributed by atoms with E-state index in [1.807, 2.05) is 54.8 Å². The molecule has 1 amide bonds. The number of carbonyl (C=O) groups is 2. The number of hydrogen-bond donors (Lipinski definition) is 2. The Morgan fingerprint density at radius 3 is 2.70 bits per heavy atom. The Labute approximate surface area is 178 Å². The molecule has 1 atom stereocenters. The predicted octanol–water partition coefficient (Wildman–Crippen LogP) is 5.54. The highest BCUT2D eigenvalue weighted by atomic mass is 32.1. The normalized spacial score (nSPS) is 11.9. The van der Waals surface area contributed by atoms with Crippen molar-refractivity contribution in [2.24, 2.45) is 0 Å². The summed E-state index contributed by atoms with van der Waals surface area (Å²) < 4.78 is 0. The van der Waals surface area contributed by atoms with Gasteiger partial charge in [-0.2, -0.15) is 0 Å². The summed E-state index contributed by atoms with van der Waals surface area (Å²) in [5.41, 5.74) is 3.38. The molecule has 0 aliphatic rings. The van der Waals surface area contributed by atoms with Gasteiger partial charge in [-0.25, -0.2) is 4.79 Å². The second-order valence-electron chi connectivity index (χ2n) is 7.00. The number of rotatable bonds is 6. The van der Waals surface area contributed by atoms with Crippen LogP contribution in [0.2, 0.25) is 0 Å². The van der Waals surface area contributed by atoms with E-state index in [1.54, 1.807) is 24.5 Å². The van der Waals surface area contributed by atoms with Gasteiger partial charge in [-0.15, -0.1) is 11.3 Å². The van der Waals surface area contributed by atoms with Gasteiger partial charge in [0, 0.05) is 23.3 Å². The van der Waals surface area contributed by atoms with Gasteiger partial charge in [0.15, 0.2) is 0 Å². The highest BCUT2D eigenvalue weighted by Gasteiger charge is 2.16. The van der Waals surface area contributed by atoms with Gasteiger partial charge in [0.2, 0.25) is 0 Å². The van der Waals surface area contributed by atoms with Gasteiger partial charge in [-0.05, 0) is 64.2 Å². The lowest BCUT2D eigenvalue weighted by atomic mass is 9.99. The van der Waals surface area contributed by atoms with Crippen molar-refractivity contribution >= 4 is 34.0 Å². The fraction of sp³-hybridized carbons (Fsp3) is 0.125. The number of hydrogen-bond acceptors (Lipinski definition) is 4. The molecule has 5 nitrogen and oxygen atoms in total. The van der Waals surface area contributed by atoms with Crippen LogP contribution in [0.25, 0.3) is 21.9 Å². The Morgan fingerprint density at radius 1 is 1.07 bits per heavy atom. The van der Waals surface area contributed by atoms with Gasteiger partial charge in [0.25, 0.3) is 5.91 Å². The molecule has 2 aromatic carbocycles. The predicted molar refractivity (Wildman–Crippen MR) is 119 cm³/mol. The Bertz CT molecular complexity index is 1230. The molecule has 0 bridgehead atoms. The summed E-state index contributed by atoms with van der Waals surface area (Å²) in [6.45, 7) is 2.02. The minimum Gasteiger partial charge on any atom is -0.477 e. The summed E-state index contributed by atoms with van der Waals surface area (Å²) in [6, 6.07) is 16.9. The van der Waals surface area contributed by atoms with Crippen LogP contribution in [0.15, 0.2) is 72.4 Å². The van der Waals surface area contributed by atoms with E-state index in [4.69, 9.17) is 5.11 Å². The van der Waals surface area contributed by atoms with Crippen molar-refractivity contribution in [3.8, 4) is 11.1 Å². The lowest BCUT2D eigenvalue weighted by Gasteiger charge is -2.18. The summed E-state index contributed by atoms with van der Waals surface area (Å²) in [4.78, 5) is 28.4. The van der Waals surface area contributed by atoms with Crippen LogP contribution in [-0.2, 0) is 0 Å². The maximum atomic E-state index is 12.9.